The number of nitrogens with one attached hydrogen (secondary N) is 1. The van der Waals surface area contributed by atoms with Crippen LogP contribution in [0.5, 0.6) is 0 Å². The second-order valence-electron chi connectivity index (χ2n) is 11.8. The maximum atomic E-state index is 15.5. The zero-order valence-electron chi connectivity index (χ0n) is 23.7. The molecule has 1 saturated heterocycles. The van der Waals surface area contributed by atoms with Gasteiger partial charge in [-0.1, -0.05) is 19.9 Å². The number of nitrogens with zero attached hydrogens (tertiary/aromatic N) is 5. The largest absolute Gasteiger partial charge is 0.390 e. The van der Waals surface area contributed by atoms with Gasteiger partial charge in [-0.05, 0) is 66.6 Å². The van der Waals surface area contributed by atoms with E-state index >= 15 is 8.78 Å². The molecule has 4 aromatic rings. The minimum atomic E-state index is -1.33. The molecule has 0 radical (unpaired) electrons. The van der Waals surface area contributed by atoms with Crippen LogP contribution in [0.4, 0.5) is 8.78 Å². The second kappa shape index (κ2) is 11.4. The number of carbonyl (C=O) groups excluding carboxylic acids is 1. The van der Waals surface area contributed by atoms with Gasteiger partial charge in [0.1, 0.15) is 17.0 Å². The van der Waals surface area contributed by atoms with E-state index in [2.05, 4.69) is 30.4 Å². The smallest absolute Gasteiger partial charge is 0.251 e. The van der Waals surface area contributed by atoms with Crippen molar-refractivity contribution in [3.63, 3.8) is 0 Å². The lowest BCUT2D eigenvalue weighted by Crippen LogP contribution is -2.51. The molecule has 0 spiro atoms. The van der Waals surface area contributed by atoms with E-state index in [1.807, 2.05) is 32.0 Å². The molecule has 1 amide bonds. The Labute approximate surface area is 243 Å². The van der Waals surface area contributed by atoms with Crippen LogP contribution in [0, 0.1) is 11.7 Å². The summed E-state index contributed by atoms with van der Waals surface area (Å²) in [5, 5.41) is 20.9. The van der Waals surface area contributed by atoms with E-state index in [-0.39, 0.29) is 29.5 Å². The lowest BCUT2D eigenvalue weighted by Gasteiger charge is -2.36. The van der Waals surface area contributed by atoms with Gasteiger partial charge >= 0.3 is 0 Å². The first-order valence-electron chi connectivity index (χ1n) is 14.4. The van der Waals surface area contributed by atoms with Gasteiger partial charge in [-0.25, -0.2) is 13.8 Å². The standard InChI is InChI=1S/C32H34F2N6O2/c1-19(2)32(34)8-5-28-24(14-32)12-22-11-23(13-26(33)30(22)38-28)31(42)39-29(7-10-40-17-25(41)18-40)20-3-4-27(35-15-20)21-6-9-36-37-16-21/h3-4,6,9,11-13,15-16,19,25,29,41H,5,7-8,10,14,17-18H2,1-2H3,(H,39,42). The predicted molar refractivity (Wildman–Crippen MR) is 155 cm³/mol. The summed E-state index contributed by atoms with van der Waals surface area (Å²) in [4.78, 5) is 24.7. The molecule has 1 fully saturated rings. The van der Waals surface area contributed by atoms with E-state index in [0.29, 0.717) is 44.3 Å². The Bertz CT molecular complexity index is 1590. The Kier molecular flexibility index (Phi) is 7.67. The molecule has 4 heterocycles. The summed E-state index contributed by atoms with van der Waals surface area (Å²) < 4.78 is 30.8. The van der Waals surface area contributed by atoms with Crippen molar-refractivity contribution >= 4 is 16.8 Å². The highest BCUT2D eigenvalue weighted by Gasteiger charge is 2.38. The fourth-order valence-electron chi connectivity index (χ4n) is 5.88. The normalized spacial score (nSPS) is 19.9. The van der Waals surface area contributed by atoms with Gasteiger partial charge in [0.2, 0.25) is 0 Å². The van der Waals surface area contributed by atoms with E-state index < -0.39 is 23.4 Å². The Morgan fingerprint density at radius 3 is 2.69 bits per heavy atom. The summed E-state index contributed by atoms with van der Waals surface area (Å²) in [6, 6.07) is 9.83. The molecule has 2 unspecified atom stereocenters. The summed E-state index contributed by atoms with van der Waals surface area (Å²) in [5.74, 6) is -1.15. The van der Waals surface area contributed by atoms with E-state index in [1.54, 1.807) is 30.7 Å². The van der Waals surface area contributed by atoms with E-state index in [4.69, 9.17) is 0 Å². The number of aromatic nitrogens is 4. The number of likely N-dealkylation sites (tertiary alicyclic amines) is 1. The van der Waals surface area contributed by atoms with Crippen molar-refractivity contribution in [1.29, 1.82) is 0 Å². The Morgan fingerprint density at radius 2 is 2.00 bits per heavy atom. The van der Waals surface area contributed by atoms with Gasteiger partial charge in [-0.3, -0.25) is 14.7 Å². The van der Waals surface area contributed by atoms with Crippen molar-refractivity contribution in [3.05, 3.63) is 83.2 Å². The zero-order chi connectivity index (χ0) is 29.4. The molecule has 0 saturated carbocycles. The quantitative estimate of drug-likeness (QED) is 0.318. The fourth-order valence-corrected chi connectivity index (χ4v) is 5.88. The van der Waals surface area contributed by atoms with E-state index in [9.17, 15) is 9.90 Å². The van der Waals surface area contributed by atoms with Gasteiger partial charge in [0.05, 0.1) is 30.2 Å². The minimum absolute atomic E-state index is 0.142. The van der Waals surface area contributed by atoms with Crippen molar-refractivity contribution in [2.75, 3.05) is 19.6 Å². The van der Waals surface area contributed by atoms with Crippen LogP contribution in [0.1, 0.15) is 59.9 Å². The van der Waals surface area contributed by atoms with Crippen LogP contribution in [0.3, 0.4) is 0 Å². The number of benzene rings is 1. The number of alkyl halides is 1. The highest BCUT2D eigenvalue weighted by molar-refractivity contribution is 5.98. The number of rotatable bonds is 8. The first kappa shape index (κ1) is 28.2. The maximum Gasteiger partial charge on any atom is 0.251 e. The van der Waals surface area contributed by atoms with Crippen molar-refractivity contribution in [2.45, 2.75) is 57.3 Å². The molecule has 3 aromatic heterocycles. The summed E-state index contributed by atoms with van der Waals surface area (Å²) in [6.07, 6.45) is 6.26. The van der Waals surface area contributed by atoms with Crippen molar-refractivity contribution in [3.8, 4) is 11.3 Å². The average molecular weight is 573 g/mol. The van der Waals surface area contributed by atoms with E-state index in [1.165, 1.54) is 6.07 Å². The summed E-state index contributed by atoms with van der Waals surface area (Å²) in [6.45, 7) is 5.61. The molecule has 8 nitrogen and oxygen atoms in total. The third kappa shape index (κ3) is 5.73. The predicted octanol–water partition coefficient (Wildman–Crippen LogP) is 4.62. The molecule has 2 atom stereocenters. The SMILES string of the molecule is CC(C)C1(F)CCc2nc3c(F)cc(C(=O)NC(CCN4CC(O)C4)c4ccc(-c5ccnnc5)nc4)cc3cc2C1. The van der Waals surface area contributed by atoms with Crippen molar-refractivity contribution < 1.29 is 18.7 Å². The van der Waals surface area contributed by atoms with Crippen molar-refractivity contribution in [1.82, 2.24) is 30.4 Å². The zero-order valence-corrected chi connectivity index (χ0v) is 23.7. The molecule has 42 heavy (non-hydrogen) atoms. The van der Waals surface area contributed by atoms with Gasteiger partial charge in [0.25, 0.3) is 5.91 Å². The molecule has 10 heteroatoms. The molecule has 6 rings (SSSR count). The van der Waals surface area contributed by atoms with E-state index in [0.717, 1.165) is 28.1 Å². The number of halogens is 2. The van der Waals surface area contributed by atoms with Gasteiger partial charge in [0, 0.05) is 54.5 Å². The first-order chi connectivity index (χ1) is 20.2. The van der Waals surface area contributed by atoms with Crippen LogP contribution in [-0.2, 0) is 12.8 Å². The average Bonchev–Trinajstić information content (AvgIpc) is 2.97. The number of fused-ring (bicyclic) bond motifs is 2. The molecule has 1 aliphatic heterocycles. The number of carbonyl (C=O) groups is 1. The summed E-state index contributed by atoms with van der Waals surface area (Å²) >= 11 is 0. The lowest BCUT2D eigenvalue weighted by atomic mass is 9.77. The van der Waals surface area contributed by atoms with Gasteiger partial charge in [-0.15, -0.1) is 0 Å². The van der Waals surface area contributed by atoms with Crippen LogP contribution in [0.2, 0.25) is 0 Å². The number of hydrogen-bond acceptors (Lipinski definition) is 7. The minimum Gasteiger partial charge on any atom is -0.390 e. The van der Waals surface area contributed by atoms with Gasteiger partial charge in [0.15, 0.2) is 0 Å². The van der Waals surface area contributed by atoms with Crippen LogP contribution in [0.15, 0.2) is 55.0 Å². The monoisotopic (exact) mass is 572 g/mol. The topological polar surface area (TPSA) is 104 Å². The fraction of sp³-hybridized carbons (Fsp3) is 0.406. The number of aliphatic hydroxyl groups is 1. The molecular weight excluding hydrogens is 538 g/mol. The third-order valence-electron chi connectivity index (χ3n) is 8.64. The molecule has 2 N–H and O–H groups in total. The number of aryl methyl sites for hydroxylation is 1. The Hall–Kier alpha value is -3.89. The summed E-state index contributed by atoms with van der Waals surface area (Å²) in [7, 11) is 0. The molecule has 2 aliphatic rings. The highest BCUT2D eigenvalue weighted by atomic mass is 19.1. The molecule has 218 valence electrons. The Morgan fingerprint density at radius 1 is 1.17 bits per heavy atom. The van der Waals surface area contributed by atoms with Gasteiger partial charge in [-0.2, -0.15) is 10.2 Å². The van der Waals surface area contributed by atoms with Crippen LogP contribution < -0.4 is 5.32 Å². The van der Waals surface area contributed by atoms with Crippen LogP contribution >= 0.6 is 0 Å². The Balaban J connectivity index is 1.26. The third-order valence-corrected chi connectivity index (χ3v) is 8.64. The summed E-state index contributed by atoms with van der Waals surface area (Å²) in [5.41, 5.74) is 2.89. The molecular formula is C32H34F2N6O2. The number of hydrogen-bond donors (Lipinski definition) is 2. The number of aliphatic hydroxyl groups excluding tert-OH is 1. The maximum absolute atomic E-state index is 15.5. The lowest BCUT2D eigenvalue weighted by molar-refractivity contribution is 0.000301. The number of amides is 1. The first-order valence-corrected chi connectivity index (χ1v) is 14.4. The van der Waals surface area contributed by atoms with Crippen LogP contribution in [0.25, 0.3) is 22.2 Å². The molecule has 0 bridgehead atoms. The highest BCUT2D eigenvalue weighted by Crippen LogP contribution is 2.38. The number of β-amino-alcohol motifs (C(OH)–C–C–N with tert-alkyl or cyclic N) is 1. The molecule has 1 aromatic carbocycles. The van der Waals surface area contributed by atoms with Crippen LogP contribution in [-0.4, -0.2) is 67.5 Å². The van der Waals surface area contributed by atoms with Gasteiger partial charge < -0.3 is 10.4 Å². The van der Waals surface area contributed by atoms with Crippen molar-refractivity contribution in [2.24, 2.45) is 5.92 Å². The number of pyridine rings is 2. The second-order valence-corrected chi connectivity index (χ2v) is 11.8. The molecule has 1 aliphatic carbocycles.